The highest BCUT2D eigenvalue weighted by Gasteiger charge is 2.67. The first-order valence-electron chi connectivity index (χ1n) is 3.99. The lowest BCUT2D eigenvalue weighted by molar-refractivity contribution is 0.329. The Labute approximate surface area is 68.9 Å². The van der Waals surface area contributed by atoms with Crippen LogP contribution < -0.4 is 0 Å². The van der Waals surface area contributed by atoms with Gasteiger partial charge in [0.1, 0.15) is 0 Å². The third-order valence-corrected chi connectivity index (χ3v) is 2.77. The summed E-state index contributed by atoms with van der Waals surface area (Å²) >= 11 is 0. The third-order valence-electron chi connectivity index (χ3n) is 2.77. The molecule has 0 aliphatic heterocycles. The van der Waals surface area contributed by atoms with E-state index in [9.17, 15) is 0 Å². The van der Waals surface area contributed by atoms with Crippen LogP contribution in [-0.2, 0) is 0 Å². The van der Waals surface area contributed by atoms with Gasteiger partial charge in [-0.15, -0.1) is 6.58 Å². The first-order chi connectivity index (χ1) is 4.98. The van der Waals surface area contributed by atoms with Gasteiger partial charge < -0.3 is 4.85 Å². The average Bonchev–Trinajstić information content (AvgIpc) is 2.60. The fourth-order valence-electron chi connectivity index (χ4n) is 1.71. The van der Waals surface area contributed by atoms with Gasteiger partial charge in [0.15, 0.2) is 0 Å². The van der Waals surface area contributed by atoms with E-state index < -0.39 is 0 Å². The SMILES string of the molecule is [C-]#[N+][C@]1(C(C)(C)C)C[C@H]1C=C. The maximum absolute atomic E-state index is 7.13. The molecule has 0 spiro atoms. The summed E-state index contributed by atoms with van der Waals surface area (Å²) in [7, 11) is 0. The first-order valence-corrected chi connectivity index (χ1v) is 3.99. The van der Waals surface area contributed by atoms with Crippen LogP contribution in [0, 0.1) is 17.9 Å². The van der Waals surface area contributed by atoms with Crippen molar-refractivity contribution in [3.05, 3.63) is 24.1 Å². The van der Waals surface area contributed by atoms with Crippen LogP contribution in [0.1, 0.15) is 27.2 Å². The van der Waals surface area contributed by atoms with Crippen molar-refractivity contribution >= 4 is 0 Å². The van der Waals surface area contributed by atoms with Crippen molar-refractivity contribution in [1.29, 1.82) is 0 Å². The van der Waals surface area contributed by atoms with Gasteiger partial charge in [0.2, 0.25) is 5.54 Å². The average molecular weight is 149 g/mol. The summed E-state index contributed by atoms with van der Waals surface area (Å²) in [4.78, 5) is 3.73. The van der Waals surface area contributed by atoms with E-state index in [1.165, 1.54) is 0 Å². The van der Waals surface area contributed by atoms with Crippen LogP contribution in [0.5, 0.6) is 0 Å². The minimum atomic E-state index is -0.130. The Balaban J connectivity index is 2.85. The van der Waals surface area contributed by atoms with Gasteiger partial charge in [-0.2, -0.15) is 0 Å². The van der Waals surface area contributed by atoms with E-state index in [1.54, 1.807) is 0 Å². The lowest BCUT2D eigenvalue weighted by Crippen LogP contribution is -2.26. The first kappa shape index (κ1) is 8.33. The molecule has 0 radical (unpaired) electrons. The van der Waals surface area contributed by atoms with Crippen molar-refractivity contribution in [2.45, 2.75) is 32.7 Å². The molecule has 0 aromatic carbocycles. The van der Waals surface area contributed by atoms with E-state index in [0.29, 0.717) is 5.92 Å². The molecule has 2 atom stereocenters. The standard InChI is InChI=1S/C10H15N/c1-6-8-7-10(8,11-5)9(2,3)4/h6,8H,1,7H2,2-4H3/t8-,10-/m1/s1. The molecule has 0 aromatic heterocycles. The lowest BCUT2D eigenvalue weighted by atomic mass is 9.83. The highest BCUT2D eigenvalue weighted by atomic mass is 14.9. The minimum Gasteiger partial charge on any atom is -0.309 e. The van der Waals surface area contributed by atoms with Crippen LogP contribution in [0.15, 0.2) is 12.7 Å². The number of nitrogens with zero attached hydrogens (tertiary/aromatic N) is 1. The maximum Gasteiger partial charge on any atom is 0.244 e. The van der Waals surface area contributed by atoms with Crippen molar-refractivity contribution in [2.24, 2.45) is 11.3 Å². The molecule has 11 heavy (non-hydrogen) atoms. The maximum atomic E-state index is 7.13. The molecule has 0 heterocycles. The summed E-state index contributed by atoms with van der Waals surface area (Å²) < 4.78 is 0. The van der Waals surface area contributed by atoms with Crippen molar-refractivity contribution in [3.8, 4) is 0 Å². The normalized spacial score (nSPS) is 36.0. The van der Waals surface area contributed by atoms with Crippen molar-refractivity contribution in [3.63, 3.8) is 0 Å². The van der Waals surface area contributed by atoms with E-state index in [1.807, 2.05) is 6.08 Å². The van der Waals surface area contributed by atoms with Crippen LogP contribution in [-0.4, -0.2) is 5.54 Å². The van der Waals surface area contributed by atoms with E-state index in [0.717, 1.165) is 6.42 Å². The lowest BCUT2D eigenvalue weighted by Gasteiger charge is -2.20. The molecule has 1 rings (SSSR count). The fraction of sp³-hybridized carbons (Fsp3) is 0.700. The summed E-state index contributed by atoms with van der Waals surface area (Å²) in [6.45, 7) is 17.3. The predicted molar refractivity (Wildman–Crippen MR) is 47.1 cm³/mol. The van der Waals surface area contributed by atoms with Crippen molar-refractivity contribution in [1.82, 2.24) is 0 Å². The van der Waals surface area contributed by atoms with Gasteiger partial charge in [0.25, 0.3) is 0 Å². The molecule has 0 saturated heterocycles. The number of hydrogen-bond donors (Lipinski definition) is 0. The van der Waals surface area contributed by atoms with Crippen LogP contribution >= 0.6 is 0 Å². The van der Waals surface area contributed by atoms with Crippen LogP contribution in [0.3, 0.4) is 0 Å². The second kappa shape index (κ2) is 2.11. The molecule has 0 amide bonds. The monoisotopic (exact) mass is 149 g/mol. The predicted octanol–water partition coefficient (Wildman–Crippen LogP) is 2.90. The van der Waals surface area contributed by atoms with Gasteiger partial charge in [0, 0.05) is 11.8 Å². The zero-order valence-electron chi connectivity index (χ0n) is 7.52. The Bertz CT molecular complexity index is 216. The van der Waals surface area contributed by atoms with Gasteiger partial charge in [-0.1, -0.05) is 26.8 Å². The van der Waals surface area contributed by atoms with Crippen molar-refractivity contribution < 1.29 is 0 Å². The molecule has 1 aliphatic rings. The summed E-state index contributed by atoms with van der Waals surface area (Å²) in [5.74, 6) is 0.431. The summed E-state index contributed by atoms with van der Waals surface area (Å²) in [6.07, 6.45) is 2.92. The van der Waals surface area contributed by atoms with Crippen LogP contribution in [0.25, 0.3) is 4.85 Å². The van der Waals surface area contributed by atoms with E-state index in [2.05, 4.69) is 32.2 Å². The Morgan fingerprint density at radius 3 is 2.27 bits per heavy atom. The smallest absolute Gasteiger partial charge is 0.244 e. The molecule has 0 N–H and O–H groups in total. The molecular formula is C10H15N. The quantitative estimate of drug-likeness (QED) is 0.399. The molecule has 1 saturated carbocycles. The molecule has 0 aromatic rings. The largest absolute Gasteiger partial charge is 0.309 e. The molecule has 1 heteroatoms. The van der Waals surface area contributed by atoms with Gasteiger partial charge >= 0.3 is 0 Å². The summed E-state index contributed by atoms with van der Waals surface area (Å²) in [5, 5.41) is 0. The molecule has 1 nitrogen and oxygen atoms in total. The van der Waals surface area contributed by atoms with Crippen LogP contribution in [0.4, 0.5) is 0 Å². The summed E-state index contributed by atoms with van der Waals surface area (Å²) in [5.41, 5.74) is -0.0254. The number of rotatable bonds is 1. The highest BCUT2D eigenvalue weighted by molar-refractivity contribution is 5.27. The van der Waals surface area contributed by atoms with Crippen molar-refractivity contribution in [2.75, 3.05) is 0 Å². The van der Waals surface area contributed by atoms with Gasteiger partial charge in [-0.3, -0.25) is 0 Å². The third kappa shape index (κ3) is 0.976. The molecule has 1 fully saturated rings. The second-order valence-corrected chi connectivity index (χ2v) is 4.33. The molecule has 0 unspecified atom stereocenters. The Morgan fingerprint density at radius 2 is 2.18 bits per heavy atom. The topological polar surface area (TPSA) is 4.36 Å². The minimum absolute atomic E-state index is 0.105. The Morgan fingerprint density at radius 1 is 1.64 bits per heavy atom. The highest BCUT2D eigenvalue weighted by Crippen LogP contribution is 2.58. The summed E-state index contributed by atoms with van der Waals surface area (Å²) in [6, 6.07) is 0. The van der Waals surface area contributed by atoms with E-state index in [-0.39, 0.29) is 11.0 Å². The molecular weight excluding hydrogens is 134 g/mol. The zero-order valence-corrected chi connectivity index (χ0v) is 7.52. The van der Waals surface area contributed by atoms with Crippen LogP contribution in [0.2, 0.25) is 0 Å². The Kier molecular flexibility index (Phi) is 1.59. The molecule has 1 aliphatic carbocycles. The fourth-order valence-corrected chi connectivity index (χ4v) is 1.71. The van der Waals surface area contributed by atoms with Gasteiger partial charge in [-0.25, -0.2) is 6.57 Å². The Hall–Kier alpha value is -0.770. The van der Waals surface area contributed by atoms with E-state index >= 15 is 0 Å². The number of hydrogen-bond acceptors (Lipinski definition) is 0. The van der Waals surface area contributed by atoms with Gasteiger partial charge in [-0.05, 0) is 0 Å². The second-order valence-electron chi connectivity index (χ2n) is 4.33. The van der Waals surface area contributed by atoms with Gasteiger partial charge in [0.05, 0.1) is 5.92 Å². The molecule has 0 bridgehead atoms. The van der Waals surface area contributed by atoms with E-state index in [4.69, 9.17) is 6.57 Å². The zero-order chi connectivity index (χ0) is 8.70. The molecule has 60 valence electrons.